The Morgan fingerprint density at radius 3 is 2.49 bits per heavy atom. The molecule has 0 spiro atoms. The third kappa shape index (κ3) is 6.13. The van der Waals surface area contributed by atoms with Crippen LogP contribution in [0.2, 0.25) is 0 Å². The van der Waals surface area contributed by atoms with Crippen LogP contribution in [0.1, 0.15) is 35.7 Å². The standard InChI is InChI=1S/C27H29F3N2O3/c1-18(19-11-13-32(14-12-19)15-16-33)31-26(34)21-5-10-24-20(17-21)3-2-4-25(24)35-23-8-6-22(7-9-23)27(28,29)30/h2-10,17-19,33H,11-16H2,1H3,(H,31,34). The van der Waals surface area contributed by atoms with Crippen molar-refractivity contribution in [1.82, 2.24) is 10.2 Å². The highest BCUT2D eigenvalue weighted by molar-refractivity contribution is 6.00. The van der Waals surface area contributed by atoms with Gasteiger partial charge >= 0.3 is 6.18 Å². The van der Waals surface area contributed by atoms with Gasteiger partial charge < -0.3 is 20.1 Å². The molecule has 0 radical (unpaired) electrons. The van der Waals surface area contributed by atoms with Crippen molar-refractivity contribution < 1.29 is 27.8 Å². The number of nitrogens with zero attached hydrogens (tertiary/aromatic N) is 1. The van der Waals surface area contributed by atoms with E-state index in [0.717, 1.165) is 48.8 Å². The molecule has 186 valence electrons. The number of amides is 1. The minimum absolute atomic E-state index is 0.0313. The zero-order chi connectivity index (χ0) is 25.0. The lowest BCUT2D eigenvalue weighted by atomic mass is 9.90. The van der Waals surface area contributed by atoms with Gasteiger partial charge in [-0.3, -0.25) is 4.79 Å². The Hall–Kier alpha value is -3.10. The molecule has 0 aromatic heterocycles. The molecule has 0 bridgehead atoms. The number of aliphatic hydroxyl groups excluding tert-OH is 1. The first-order chi connectivity index (χ1) is 16.7. The number of β-amino-alcohol motifs (C(OH)–C–C–N with tert-alkyl or cyclic N) is 1. The van der Waals surface area contributed by atoms with E-state index in [1.54, 1.807) is 30.3 Å². The number of aliphatic hydroxyl groups is 1. The number of hydrogen-bond donors (Lipinski definition) is 2. The molecule has 1 amide bonds. The summed E-state index contributed by atoms with van der Waals surface area (Å²) in [6.45, 7) is 4.72. The Labute approximate surface area is 202 Å². The molecule has 1 atom stereocenters. The third-order valence-electron chi connectivity index (χ3n) is 6.63. The average molecular weight is 487 g/mol. The van der Waals surface area contributed by atoms with Crippen molar-refractivity contribution in [3.63, 3.8) is 0 Å². The van der Waals surface area contributed by atoms with Crippen LogP contribution < -0.4 is 10.1 Å². The molecule has 3 aromatic rings. The van der Waals surface area contributed by atoms with Crippen LogP contribution in [0.3, 0.4) is 0 Å². The topological polar surface area (TPSA) is 61.8 Å². The number of carbonyl (C=O) groups excluding carboxylic acids is 1. The maximum Gasteiger partial charge on any atom is 0.416 e. The van der Waals surface area contributed by atoms with Gasteiger partial charge in [-0.25, -0.2) is 0 Å². The van der Waals surface area contributed by atoms with E-state index in [-0.39, 0.29) is 18.6 Å². The number of halogens is 3. The maximum atomic E-state index is 12.9. The van der Waals surface area contributed by atoms with Crippen LogP contribution in [0.25, 0.3) is 10.8 Å². The number of fused-ring (bicyclic) bond motifs is 1. The predicted octanol–water partition coefficient (Wildman–Crippen LogP) is 5.47. The third-order valence-corrected chi connectivity index (χ3v) is 6.63. The molecule has 3 aromatic carbocycles. The second kappa shape index (κ2) is 10.7. The molecule has 1 aliphatic rings. The largest absolute Gasteiger partial charge is 0.457 e. The van der Waals surface area contributed by atoms with Crippen LogP contribution in [0, 0.1) is 5.92 Å². The molecule has 0 saturated carbocycles. The first kappa shape index (κ1) is 25.0. The summed E-state index contributed by atoms with van der Waals surface area (Å²) in [6, 6.07) is 15.3. The Kier molecular flexibility index (Phi) is 7.62. The fourth-order valence-electron chi connectivity index (χ4n) is 4.55. The first-order valence-corrected chi connectivity index (χ1v) is 11.8. The summed E-state index contributed by atoms with van der Waals surface area (Å²) < 4.78 is 44.3. The Morgan fingerprint density at radius 1 is 1.11 bits per heavy atom. The molecule has 1 unspecified atom stereocenters. The van der Waals surface area contributed by atoms with Gasteiger partial charge in [0, 0.05) is 23.5 Å². The highest BCUT2D eigenvalue weighted by atomic mass is 19.4. The summed E-state index contributed by atoms with van der Waals surface area (Å²) in [4.78, 5) is 15.2. The monoisotopic (exact) mass is 486 g/mol. The van der Waals surface area contributed by atoms with Gasteiger partial charge in [0.05, 0.1) is 12.2 Å². The quantitative estimate of drug-likeness (QED) is 0.465. The van der Waals surface area contributed by atoms with Gasteiger partial charge in [0.15, 0.2) is 0 Å². The summed E-state index contributed by atoms with van der Waals surface area (Å²) in [5, 5.41) is 13.8. The summed E-state index contributed by atoms with van der Waals surface area (Å²) >= 11 is 0. The number of alkyl halides is 3. The molecule has 4 rings (SSSR count). The second-order valence-electron chi connectivity index (χ2n) is 8.98. The van der Waals surface area contributed by atoms with E-state index < -0.39 is 11.7 Å². The Morgan fingerprint density at radius 2 is 1.83 bits per heavy atom. The zero-order valence-electron chi connectivity index (χ0n) is 19.5. The molecule has 1 aliphatic heterocycles. The number of nitrogens with one attached hydrogen (secondary N) is 1. The lowest BCUT2D eigenvalue weighted by molar-refractivity contribution is -0.137. The molecule has 1 fully saturated rings. The number of ether oxygens (including phenoxy) is 1. The van der Waals surface area contributed by atoms with E-state index in [4.69, 9.17) is 9.84 Å². The lowest BCUT2D eigenvalue weighted by Crippen LogP contribution is -2.44. The van der Waals surface area contributed by atoms with Crippen molar-refractivity contribution >= 4 is 16.7 Å². The van der Waals surface area contributed by atoms with E-state index in [1.165, 1.54) is 12.1 Å². The maximum absolute atomic E-state index is 12.9. The Balaban J connectivity index is 1.43. The molecule has 35 heavy (non-hydrogen) atoms. The van der Waals surface area contributed by atoms with Crippen molar-refractivity contribution in [2.24, 2.45) is 5.92 Å². The van der Waals surface area contributed by atoms with Crippen LogP contribution >= 0.6 is 0 Å². The molecule has 0 aliphatic carbocycles. The molecule has 5 nitrogen and oxygen atoms in total. The second-order valence-corrected chi connectivity index (χ2v) is 8.98. The molecule has 1 saturated heterocycles. The van der Waals surface area contributed by atoms with E-state index in [2.05, 4.69) is 10.2 Å². The van der Waals surface area contributed by atoms with Gasteiger partial charge in [-0.15, -0.1) is 0 Å². The van der Waals surface area contributed by atoms with Crippen LogP contribution in [0.4, 0.5) is 13.2 Å². The van der Waals surface area contributed by atoms with E-state index in [0.29, 0.717) is 29.5 Å². The first-order valence-electron chi connectivity index (χ1n) is 11.8. The highest BCUT2D eigenvalue weighted by Gasteiger charge is 2.30. The number of carbonyl (C=O) groups is 1. The van der Waals surface area contributed by atoms with Crippen molar-refractivity contribution in [2.75, 3.05) is 26.2 Å². The van der Waals surface area contributed by atoms with Gasteiger partial charge in [0.2, 0.25) is 0 Å². The number of piperidine rings is 1. The normalized spacial score (nSPS) is 16.3. The van der Waals surface area contributed by atoms with Crippen molar-refractivity contribution in [1.29, 1.82) is 0 Å². The predicted molar refractivity (Wildman–Crippen MR) is 129 cm³/mol. The highest BCUT2D eigenvalue weighted by Crippen LogP contribution is 2.34. The van der Waals surface area contributed by atoms with Crippen LogP contribution in [0.5, 0.6) is 11.5 Å². The molecule has 8 heteroatoms. The smallest absolute Gasteiger partial charge is 0.416 e. The van der Waals surface area contributed by atoms with E-state index in [1.807, 2.05) is 13.0 Å². The van der Waals surface area contributed by atoms with Crippen molar-refractivity contribution in [2.45, 2.75) is 32.0 Å². The van der Waals surface area contributed by atoms with E-state index >= 15 is 0 Å². The summed E-state index contributed by atoms with van der Waals surface area (Å²) in [5.74, 6) is 1.03. The minimum Gasteiger partial charge on any atom is -0.457 e. The van der Waals surface area contributed by atoms with E-state index in [9.17, 15) is 18.0 Å². The van der Waals surface area contributed by atoms with Gasteiger partial charge in [0.1, 0.15) is 11.5 Å². The summed E-state index contributed by atoms with van der Waals surface area (Å²) in [6.07, 6.45) is -2.45. The molecular weight excluding hydrogens is 457 g/mol. The van der Waals surface area contributed by atoms with Crippen LogP contribution in [0.15, 0.2) is 60.7 Å². The van der Waals surface area contributed by atoms with Crippen molar-refractivity contribution in [3.05, 3.63) is 71.8 Å². The number of rotatable bonds is 7. The summed E-state index contributed by atoms with van der Waals surface area (Å²) in [7, 11) is 0. The fourth-order valence-corrected chi connectivity index (χ4v) is 4.55. The lowest BCUT2D eigenvalue weighted by Gasteiger charge is -2.34. The number of hydrogen-bond acceptors (Lipinski definition) is 4. The van der Waals surface area contributed by atoms with Gasteiger partial charge in [-0.05, 0) is 92.7 Å². The molecular formula is C27H29F3N2O3. The van der Waals surface area contributed by atoms with Crippen LogP contribution in [-0.4, -0.2) is 48.2 Å². The minimum atomic E-state index is -4.40. The number of likely N-dealkylation sites (tertiary alicyclic amines) is 1. The Bertz CT molecular complexity index is 1160. The average Bonchev–Trinajstić information content (AvgIpc) is 2.84. The summed E-state index contributed by atoms with van der Waals surface area (Å²) in [5.41, 5.74) is -0.197. The van der Waals surface area contributed by atoms with Crippen LogP contribution in [-0.2, 0) is 6.18 Å². The molecule has 2 N–H and O–H groups in total. The van der Waals surface area contributed by atoms with Gasteiger partial charge in [-0.2, -0.15) is 13.2 Å². The van der Waals surface area contributed by atoms with Crippen molar-refractivity contribution in [3.8, 4) is 11.5 Å². The zero-order valence-corrected chi connectivity index (χ0v) is 19.5. The fraction of sp³-hybridized carbons (Fsp3) is 0.370. The van der Waals surface area contributed by atoms with Gasteiger partial charge in [-0.1, -0.05) is 12.1 Å². The SMILES string of the molecule is CC(NC(=O)c1ccc2c(Oc3ccc(C(F)(F)F)cc3)cccc2c1)C1CCN(CCO)CC1. The van der Waals surface area contributed by atoms with Gasteiger partial charge in [0.25, 0.3) is 5.91 Å². The number of benzene rings is 3. The molecule has 1 heterocycles.